The molecule has 94 valence electrons. The fourth-order valence-corrected chi connectivity index (χ4v) is 1.86. The lowest BCUT2D eigenvalue weighted by molar-refractivity contribution is -0.137. The maximum atomic E-state index is 11.0. The van der Waals surface area contributed by atoms with Gasteiger partial charge in [0.1, 0.15) is 0 Å². The van der Waals surface area contributed by atoms with Crippen LogP contribution in [0.1, 0.15) is 25.7 Å². The van der Waals surface area contributed by atoms with Gasteiger partial charge in [0.05, 0.1) is 6.26 Å². The van der Waals surface area contributed by atoms with Crippen molar-refractivity contribution in [3.8, 4) is 0 Å². The van der Waals surface area contributed by atoms with Crippen molar-refractivity contribution in [3.63, 3.8) is 0 Å². The number of carboxylic acid groups (broad SMARTS) is 2. The molecular weight excluding hydrogens is 238 g/mol. The molecule has 0 atom stereocenters. The van der Waals surface area contributed by atoms with Gasteiger partial charge in [-0.05, 0) is 12.8 Å². The van der Waals surface area contributed by atoms with E-state index in [0.29, 0.717) is 23.6 Å². The molecule has 0 aromatic carbocycles. The van der Waals surface area contributed by atoms with Gasteiger partial charge in [0, 0.05) is 13.0 Å². The van der Waals surface area contributed by atoms with E-state index in [-0.39, 0.29) is 13.0 Å². The molecule has 0 aliphatic heterocycles. The van der Waals surface area contributed by atoms with Gasteiger partial charge in [-0.1, -0.05) is 6.42 Å². The van der Waals surface area contributed by atoms with Crippen molar-refractivity contribution in [2.24, 2.45) is 0 Å². The molecule has 0 aliphatic rings. The zero-order valence-corrected chi connectivity index (χ0v) is 9.73. The minimum absolute atomic E-state index is 0.00590. The van der Waals surface area contributed by atoms with Crippen LogP contribution in [0.5, 0.6) is 0 Å². The Kier molecular flexibility index (Phi) is 5.79. The van der Waals surface area contributed by atoms with E-state index in [1.54, 1.807) is 0 Å². The van der Waals surface area contributed by atoms with E-state index in [1.165, 1.54) is 0 Å². The highest BCUT2D eigenvalue weighted by Crippen LogP contribution is 2.05. The third-order valence-corrected chi connectivity index (χ3v) is 3.00. The van der Waals surface area contributed by atoms with Crippen LogP contribution in [-0.2, 0) is 14.8 Å². The van der Waals surface area contributed by atoms with Crippen molar-refractivity contribution in [3.05, 3.63) is 0 Å². The lowest BCUT2D eigenvalue weighted by atomic mass is 10.2. The van der Waals surface area contributed by atoms with Crippen LogP contribution < -0.4 is 0 Å². The molecule has 0 fully saturated rings. The molecular formula is C8H15NO6S. The topological polar surface area (TPSA) is 112 Å². The Morgan fingerprint density at radius 2 is 1.69 bits per heavy atom. The summed E-state index contributed by atoms with van der Waals surface area (Å²) >= 11 is 0. The van der Waals surface area contributed by atoms with Crippen molar-refractivity contribution in [2.45, 2.75) is 25.7 Å². The molecule has 0 saturated carbocycles. The normalized spacial score (nSPS) is 11.1. The summed E-state index contributed by atoms with van der Waals surface area (Å²) in [7, 11) is -3.75. The third kappa shape index (κ3) is 6.23. The van der Waals surface area contributed by atoms with Crippen LogP contribution in [0.15, 0.2) is 0 Å². The van der Waals surface area contributed by atoms with E-state index in [1.807, 2.05) is 0 Å². The van der Waals surface area contributed by atoms with E-state index in [4.69, 9.17) is 10.2 Å². The summed E-state index contributed by atoms with van der Waals surface area (Å²) in [5.74, 6) is -0.918. The van der Waals surface area contributed by atoms with Gasteiger partial charge < -0.3 is 10.2 Å². The number of sulfonamides is 1. The first-order valence-corrected chi connectivity index (χ1v) is 6.52. The summed E-state index contributed by atoms with van der Waals surface area (Å²) in [6.45, 7) is -0.131. The van der Waals surface area contributed by atoms with Crippen LogP contribution in [0.4, 0.5) is 4.79 Å². The van der Waals surface area contributed by atoms with Gasteiger partial charge in [0.2, 0.25) is 10.0 Å². The molecule has 0 aromatic rings. The summed E-state index contributed by atoms with van der Waals surface area (Å²) < 4.78 is 22.3. The largest absolute Gasteiger partial charge is 0.481 e. The second-order valence-electron chi connectivity index (χ2n) is 3.32. The number of unbranched alkanes of at least 4 members (excludes halogenated alkanes) is 2. The highest BCUT2D eigenvalue weighted by atomic mass is 32.2. The number of carboxylic acids is 1. The first-order chi connectivity index (χ1) is 7.25. The Balaban J connectivity index is 3.97. The first kappa shape index (κ1) is 14.7. The number of nitrogens with zero attached hydrogens (tertiary/aromatic N) is 1. The van der Waals surface area contributed by atoms with Gasteiger partial charge in [0.15, 0.2) is 0 Å². The van der Waals surface area contributed by atoms with Crippen LogP contribution in [-0.4, -0.2) is 47.8 Å². The number of rotatable bonds is 7. The summed E-state index contributed by atoms with van der Waals surface area (Å²) in [5, 5.41) is 16.9. The second-order valence-corrected chi connectivity index (χ2v) is 5.23. The molecule has 8 heteroatoms. The maximum absolute atomic E-state index is 11.0. The molecule has 0 heterocycles. The fraction of sp³-hybridized carbons (Fsp3) is 0.750. The standard InChI is InChI=1S/C8H15NO6S/c1-16(14,15)9(8(12)13)6-4-2-3-5-7(10)11/h2-6H2,1H3,(H,10,11)(H,12,13). The molecule has 0 rings (SSSR count). The number of aliphatic carboxylic acids is 1. The monoisotopic (exact) mass is 253 g/mol. The van der Waals surface area contributed by atoms with Crippen molar-refractivity contribution in [1.29, 1.82) is 0 Å². The summed E-state index contributed by atoms with van der Waals surface area (Å²) in [5.41, 5.74) is 0. The number of hydrogen-bond donors (Lipinski definition) is 2. The maximum Gasteiger partial charge on any atom is 0.421 e. The number of amides is 1. The molecule has 0 spiro atoms. The van der Waals surface area contributed by atoms with Crippen LogP contribution in [0, 0.1) is 0 Å². The van der Waals surface area contributed by atoms with Crippen molar-refractivity contribution < 1.29 is 28.2 Å². The van der Waals surface area contributed by atoms with E-state index < -0.39 is 22.1 Å². The Hall–Kier alpha value is -1.31. The molecule has 16 heavy (non-hydrogen) atoms. The number of carbonyl (C=O) groups is 2. The van der Waals surface area contributed by atoms with Gasteiger partial charge in [0.25, 0.3) is 0 Å². The van der Waals surface area contributed by atoms with Gasteiger partial charge >= 0.3 is 12.1 Å². The summed E-state index contributed by atoms with van der Waals surface area (Å²) in [6.07, 6.45) is 0.524. The fourth-order valence-electron chi connectivity index (χ4n) is 1.11. The summed E-state index contributed by atoms with van der Waals surface area (Å²) in [4.78, 5) is 20.7. The molecule has 0 aromatic heterocycles. The van der Waals surface area contributed by atoms with Crippen molar-refractivity contribution in [1.82, 2.24) is 4.31 Å². The predicted octanol–water partition coefficient (Wildman–Crippen LogP) is 0.571. The van der Waals surface area contributed by atoms with Crippen LogP contribution in [0.3, 0.4) is 0 Å². The molecule has 1 amide bonds. The van der Waals surface area contributed by atoms with Crippen molar-refractivity contribution in [2.75, 3.05) is 12.8 Å². The third-order valence-electron chi connectivity index (χ3n) is 1.87. The quantitative estimate of drug-likeness (QED) is 0.641. The van der Waals surface area contributed by atoms with Crippen molar-refractivity contribution >= 4 is 22.1 Å². The van der Waals surface area contributed by atoms with E-state index >= 15 is 0 Å². The Morgan fingerprint density at radius 1 is 1.12 bits per heavy atom. The molecule has 0 radical (unpaired) electrons. The van der Waals surface area contributed by atoms with Crippen LogP contribution in [0.2, 0.25) is 0 Å². The lowest BCUT2D eigenvalue weighted by Crippen LogP contribution is -2.35. The smallest absolute Gasteiger partial charge is 0.421 e. The van der Waals surface area contributed by atoms with E-state index in [9.17, 15) is 18.0 Å². The molecule has 0 saturated heterocycles. The Bertz CT molecular complexity index is 350. The van der Waals surface area contributed by atoms with E-state index in [0.717, 1.165) is 6.26 Å². The Morgan fingerprint density at radius 3 is 2.06 bits per heavy atom. The summed E-state index contributed by atoms with van der Waals surface area (Å²) in [6, 6.07) is 0. The van der Waals surface area contributed by atoms with Crippen LogP contribution >= 0.6 is 0 Å². The SMILES string of the molecule is CS(=O)(=O)N(CCCCCC(=O)O)C(=O)O. The number of hydrogen-bond acceptors (Lipinski definition) is 4. The molecule has 0 bridgehead atoms. The molecule has 2 N–H and O–H groups in total. The zero-order valence-electron chi connectivity index (χ0n) is 8.92. The second kappa shape index (κ2) is 6.31. The predicted molar refractivity (Wildman–Crippen MR) is 55.7 cm³/mol. The minimum Gasteiger partial charge on any atom is -0.481 e. The lowest BCUT2D eigenvalue weighted by Gasteiger charge is -2.15. The average Bonchev–Trinajstić information content (AvgIpc) is 2.07. The minimum atomic E-state index is -3.75. The van der Waals surface area contributed by atoms with Crippen LogP contribution in [0.25, 0.3) is 0 Å². The highest BCUT2D eigenvalue weighted by molar-refractivity contribution is 7.88. The average molecular weight is 253 g/mol. The van der Waals surface area contributed by atoms with Gasteiger partial charge in [-0.25, -0.2) is 17.5 Å². The molecule has 7 nitrogen and oxygen atoms in total. The van der Waals surface area contributed by atoms with Gasteiger partial charge in [-0.3, -0.25) is 4.79 Å². The molecule has 0 aliphatic carbocycles. The first-order valence-electron chi connectivity index (χ1n) is 4.67. The zero-order chi connectivity index (χ0) is 12.8. The van der Waals surface area contributed by atoms with Gasteiger partial charge in [-0.2, -0.15) is 0 Å². The van der Waals surface area contributed by atoms with E-state index in [2.05, 4.69) is 0 Å². The molecule has 0 unspecified atom stereocenters. The van der Waals surface area contributed by atoms with Gasteiger partial charge in [-0.15, -0.1) is 0 Å². The highest BCUT2D eigenvalue weighted by Gasteiger charge is 2.21. The Labute approximate surface area is 93.7 Å².